The van der Waals surface area contributed by atoms with E-state index < -0.39 is 10.0 Å². The minimum Gasteiger partial charge on any atom is -0.257 e. The van der Waals surface area contributed by atoms with E-state index in [-0.39, 0.29) is 4.90 Å². The zero-order chi connectivity index (χ0) is 12.3. The Morgan fingerprint density at radius 1 is 1.38 bits per heavy atom. The van der Waals surface area contributed by atoms with Crippen LogP contribution in [0.3, 0.4) is 0 Å². The lowest BCUT2D eigenvalue weighted by Gasteiger charge is -2.11. The summed E-state index contributed by atoms with van der Waals surface area (Å²) in [5.74, 6) is 5.48. The fraction of sp³-hybridized carbons (Fsp3) is 0.455. The minimum absolute atomic E-state index is 0.219. The maximum atomic E-state index is 11.5. The van der Waals surface area contributed by atoms with Crippen LogP contribution in [0.1, 0.15) is 25.0 Å². The highest BCUT2D eigenvalue weighted by Gasteiger charge is 2.13. The molecule has 0 aromatic heterocycles. The van der Waals surface area contributed by atoms with Crippen molar-refractivity contribution in [1.29, 1.82) is 0 Å². The molecule has 0 radical (unpaired) electrons. The molecule has 0 bridgehead atoms. The third kappa shape index (κ3) is 3.04. The van der Waals surface area contributed by atoms with Gasteiger partial charge in [-0.2, -0.15) is 4.83 Å². The summed E-state index contributed by atoms with van der Waals surface area (Å²) in [4.78, 5) is 2.05. The number of hydrogen-bond acceptors (Lipinski definition) is 3. The molecule has 0 heterocycles. The molecule has 4 nitrogen and oxygen atoms in total. The third-order valence-corrected chi connectivity index (χ3v) is 3.60. The summed E-state index contributed by atoms with van der Waals surface area (Å²) >= 11 is 0. The molecule has 1 aromatic rings. The van der Waals surface area contributed by atoms with Crippen LogP contribution in [-0.2, 0) is 16.4 Å². The van der Waals surface area contributed by atoms with Gasteiger partial charge < -0.3 is 0 Å². The van der Waals surface area contributed by atoms with E-state index in [0.29, 0.717) is 5.92 Å². The molecule has 5 heteroatoms. The molecule has 0 aliphatic carbocycles. The maximum absolute atomic E-state index is 11.5. The van der Waals surface area contributed by atoms with Crippen molar-refractivity contribution in [2.45, 2.75) is 32.1 Å². The molecule has 0 amide bonds. The van der Waals surface area contributed by atoms with E-state index in [1.807, 2.05) is 17.8 Å². The summed E-state index contributed by atoms with van der Waals surface area (Å²) in [7, 11) is -3.55. The average Bonchev–Trinajstić information content (AvgIpc) is 2.20. The van der Waals surface area contributed by atoms with Gasteiger partial charge in [-0.25, -0.2) is 8.42 Å². The average molecular weight is 242 g/mol. The van der Waals surface area contributed by atoms with E-state index in [2.05, 4.69) is 13.8 Å². The SMILES string of the molecule is Cc1ccc(S(=O)(=O)NN)cc1CC(C)C. The van der Waals surface area contributed by atoms with Crippen LogP contribution >= 0.6 is 0 Å². The van der Waals surface area contributed by atoms with E-state index in [9.17, 15) is 8.42 Å². The Balaban J connectivity index is 3.17. The monoisotopic (exact) mass is 242 g/mol. The van der Waals surface area contributed by atoms with Crippen LogP contribution in [0.4, 0.5) is 0 Å². The predicted molar refractivity (Wildman–Crippen MR) is 64.2 cm³/mol. The first-order chi connectivity index (χ1) is 7.36. The fourth-order valence-corrected chi connectivity index (χ4v) is 2.22. The normalized spacial score (nSPS) is 12.1. The van der Waals surface area contributed by atoms with Crippen molar-refractivity contribution in [2.75, 3.05) is 0 Å². The number of hydrazine groups is 1. The third-order valence-electron chi connectivity index (χ3n) is 2.41. The largest absolute Gasteiger partial charge is 0.257 e. The molecular weight excluding hydrogens is 224 g/mol. The van der Waals surface area contributed by atoms with E-state index in [0.717, 1.165) is 17.5 Å². The molecule has 0 fully saturated rings. The van der Waals surface area contributed by atoms with Crippen molar-refractivity contribution in [2.24, 2.45) is 11.8 Å². The van der Waals surface area contributed by atoms with Gasteiger partial charge in [-0.15, -0.1) is 0 Å². The van der Waals surface area contributed by atoms with Gasteiger partial charge in [-0.3, -0.25) is 5.84 Å². The van der Waals surface area contributed by atoms with E-state index in [1.54, 1.807) is 12.1 Å². The molecular formula is C11H18N2O2S. The zero-order valence-electron chi connectivity index (χ0n) is 9.82. The molecule has 0 aliphatic heterocycles. The van der Waals surface area contributed by atoms with Crippen molar-refractivity contribution in [3.05, 3.63) is 29.3 Å². The standard InChI is InChI=1S/C11H18N2O2S/c1-8(2)6-10-7-11(5-4-9(10)3)16(14,15)13-12/h4-5,7-8,13H,6,12H2,1-3H3. The van der Waals surface area contributed by atoms with Crippen LogP contribution in [-0.4, -0.2) is 8.42 Å². The lowest BCUT2D eigenvalue weighted by atomic mass is 9.99. The van der Waals surface area contributed by atoms with Crippen molar-refractivity contribution < 1.29 is 8.42 Å². The Bertz CT molecular complexity index is 467. The highest BCUT2D eigenvalue weighted by Crippen LogP contribution is 2.18. The van der Waals surface area contributed by atoms with Crippen LogP contribution in [0, 0.1) is 12.8 Å². The molecule has 0 aliphatic rings. The summed E-state index contributed by atoms with van der Waals surface area (Å²) in [6.07, 6.45) is 0.861. The first kappa shape index (κ1) is 13.2. The molecule has 0 saturated heterocycles. The summed E-state index contributed by atoms with van der Waals surface area (Å²) in [6.45, 7) is 6.17. The molecule has 1 aromatic carbocycles. The molecule has 0 unspecified atom stereocenters. The van der Waals surface area contributed by atoms with Gasteiger partial charge in [0.2, 0.25) is 0 Å². The van der Waals surface area contributed by atoms with E-state index >= 15 is 0 Å². The second-order valence-electron chi connectivity index (χ2n) is 4.31. The van der Waals surface area contributed by atoms with Gasteiger partial charge in [0.1, 0.15) is 0 Å². The Morgan fingerprint density at radius 2 is 2.00 bits per heavy atom. The molecule has 0 atom stereocenters. The van der Waals surface area contributed by atoms with Gasteiger partial charge in [-0.05, 0) is 42.5 Å². The Kier molecular flexibility index (Phi) is 4.07. The Hall–Kier alpha value is -0.910. The van der Waals surface area contributed by atoms with Crippen LogP contribution in [0.2, 0.25) is 0 Å². The van der Waals surface area contributed by atoms with Gasteiger partial charge in [0.15, 0.2) is 0 Å². The predicted octanol–water partition coefficient (Wildman–Crippen LogP) is 1.35. The lowest BCUT2D eigenvalue weighted by Crippen LogP contribution is -2.30. The first-order valence-corrected chi connectivity index (χ1v) is 6.67. The van der Waals surface area contributed by atoms with Crippen molar-refractivity contribution in [3.8, 4) is 0 Å². The topological polar surface area (TPSA) is 72.2 Å². The van der Waals surface area contributed by atoms with Gasteiger partial charge >= 0.3 is 0 Å². The molecule has 3 N–H and O–H groups in total. The number of rotatable bonds is 4. The van der Waals surface area contributed by atoms with Gasteiger partial charge in [-0.1, -0.05) is 19.9 Å². The lowest BCUT2D eigenvalue weighted by molar-refractivity contribution is 0.583. The zero-order valence-corrected chi connectivity index (χ0v) is 10.6. The molecule has 1 rings (SSSR count). The number of nitrogens with one attached hydrogen (secondary N) is 1. The molecule has 0 saturated carbocycles. The van der Waals surface area contributed by atoms with Crippen molar-refractivity contribution >= 4 is 10.0 Å². The Morgan fingerprint density at radius 3 is 2.50 bits per heavy atom. The molecule has 0 spiro atoms. The number of nitrogens with two attached hydrogens (primary N) is 1. The number of aryl methyl sites for hydroxylation is 1. The van der Waals surface area contributed by atoms with Gasteiger partial charge in [0, 0.05) is 0 Å². The van der Waals surface area contributed by atoms with E-state index in [4.69, 9.17) is 5.84 Å². The fourth-order valence-electron chi connectivity index (χ4n) is 1.54. The van der Waals surface area contributed by atoms with Crippen molar-refractivity contribution in [1.82, 2.24) is 4.83 Å². The summed E-state index contributed by atoms with van der Waals surface area (Å²) in [5, 5.41) is 0. The van der Waals surface area contributed by atoms with Gasteiger partial charge in [0.25, 0.3) is 10.0 Å². The highest BCUT2D eigenvalue weighted by molar-refractivity contribution is 7.89. The smallest absolute Gasteiger partial charge is 0.253 e. The summed E-state index contributed by atoms with van der Waals surface area (Å²) < 4.78 is 23.0. The highest BCUT2D eigenvalue weighted by atomic mass is 32.2. The molecule has 90 valence electrons. The number of hydrogen-bond donors (Lipinski definition) is 2. The first-order valence-electron chi connectivity index (χ1n) is 5.18. The second kappa shape index (κ2) is 4.95. The van der Waals surface area contributed by atoms with E-state index in [1.165, 1.54) is 0 Å². The van der Waals surface area contributed by atoms with Crippen molar-refractivity contribution in [3.63, 3.8) is 0 Å². The Labute approximate surface area is 96.9 Å². The molecule has 16 heavy (non-hydrogen) atoms. The second-order valence-corrected chi connectivity index (χ2v) is 6.02. The summed E-state index contributed by atoms with van der Waals surface area (Å²) in [6, 6.07) is 5.06. The minimum atomic E-state index is -3.55. The number of sulfonamides is 1. The van der Waals surface area contributed by atoms with Crippen LogP contribution in [0.5, 0.6) is 0 Å². The number of benzene rings is 1. The van der Waals surface area contributed by atoms with Crippen LogP contribution < -0.4 is 10.7 Å². The van der Waals surface area contributed by atoms with Crippen LogP contribution in [0.25, 0.3) is 0 Å². The maximum Gasteiger partial charge on any atom is 0.253 e. The van der Waals surface area contributed by atoms with Crippen LogP contribution in [0.15, 0.2) is 23.1 Å². The van der Waals surface area contributed by atoms with Gasteiger partial charge in [0.05, 0.1) is 4.90 Å². The quantitative estimate of drug-likeness (QED) is 0.618. The summed E-state index contributed by atoms with van der Waals surface area (Å²) in [5.41, 5.74) is 2.15.